The summed E-state index contributed by atoms with van der Waals surface area (Å²) >= 11 is 0. The number of fused-ring (bicyclic) bond motifs is 3. The van der Waals surface area contributed by atoms with Crippen molar-refractivity contribution < 1.29 is 17.9 Å². The molecule has 0 radical (unpaired) electrons. The molecule has 0 bridgehead atoms. The van der Waals surface area contributed by atoms with E-state index in [1.807, 2.05) is 12.1 Å². The molecule has 4 rings (SSSR count). The van der Waals surface area contributed by atoms with Crippen LogP contribution in [0.3, 0.4) is 0 Å². The Labute approximate surface area is 169 Å². The van der Waals surface area contributed by atoms with Gasteiger partial charge in [0.05, 0.1) is 19.1 Å². The first-order valence-corrected chi connectivity index (χ1v) is 11.3. The van der Waals surface area contributed by atoms with Crippen molar-refractivity contribution in [3.63, 3.8) is 0 Å². The lowest BCUT2D eigenvalue weighted by Gasteiger charge is -2.13. The second-order valence-corrected chi connectivity index (χ2v) is 9.04. The molecule has 0 unspecified atom stereocenters. The molecular formula is C21H23N3O4S. The number of carbonyl (C=O) groups is 1. The molecule has 0 spiro atoms. The Hall–Kier alpha value is -3.00. The molecule has 7 nitrogen and oxygen atoms in total. The van der Waals surface area contributed by atoms with Gasteiger partial charge in [-0.15, -0.1) is 0 Å². The number of rotatable bonds is 5. The summed E-state index contributed by atoms with van der Waals surface area (Å²) in [7, 11) is -1.99. The highest BCUT2D eigenvalue weighted by Gasteiger charge is 2.17. The zero-order valence-electron chi connectivity index (χ0n) is 16.3. The zero-order chi connectivity index (χ0) is 20.6. The molecule has 3 N–H and O–H groups in total. The molecule has 1 aromatic heterocycles. The van der Waals surface area contributed by atoms with E-state index in [4.69, 9.17) is 4.74 Å². The SMILES string of the molecule is COc1cc(NC(=O)c2ccc3[nH]c4c(c3c2)CCCC4)ccc1NS(C)(=O)=O. The summed E-state index contributed by atoms with van der Waals surface area (Å²) in [6.45, 7) is 0. The summed E-state index contributed by atoms with van der Waals surface area (Å²) in [4.78, 5) is 16.3. The summed E-state index contributed by atoms with van der Waals surface area (Å²) in [5.74, 6) is 0.0897. The monoisotopic (exact) mass is 413 g/mol. The number of nitrogens with one attached hydrogen (secondary N) is 3. The normalized spacial score (nSPS) is 13.7. The predicted octanol–water partition coefficient (Wildman–Crippen LogP) is 3.68. The molecule has 2 aromatic carbocycles. The average molecular weight is 413 g/mol. The van der Waals surface area contributed by atoms with Crippen molar-refractivity contribution in [3.05, 3.63) is 53.2 Å². The zero-order valence-corrected chi connectivity index (χ0v) is 17.2. The van der Waals surface area contributed by atoms with Crippen LogP contribution in [-0.2, 0) is 22.9 Å². The van der Waals surface area contributed by atoms with Crippen molar-refractivity contribution >= 4 is 38.2 Å². The Balaban J connectivity index is 1.59. The van der Waals surface area contributed by atoms with Gasteiger partial charge >= 0.3 is 0 Å². The van der Waals surface area contributed by atoms with Crippen LogP contribution in [0.25, 0.3) is 10.9 Å². The molecule has 8 heteroatoms. The van der Waals surface area contributed by atoms with E-state index in [2.05, 4.69) is 15.0 Å². The van der Waals surface area contributed by atoms with E-state index >= 15 is 0 Å². The fraction of sp³-hybridized carbons (Fsp3) is 0.286. The minimum absolute atomic E-state index is 0.233. The molecular weight excluding hydrogens is 390 g/mol. The number of hydrogen-bond donors (Lipinski definition) is 3. The highest BCUT2D eigenvalue weighted by atomic mass is 32.2. The number of aryl methyl sites for hydroxylation is 2. The molecule has 1 aliphatic rings. The molecule has 0 saturated carbocycles. The molecule has 3 aromatic rings. The highest BCUT2D eigenvalue weighted by Crippen LogP contribution is 2.31. The second kappa shape index (κ2) is 7.44. The highest BCUT2D eigenvalue weighted by molar-refractivity contribution is 7.92. The van der Waals surface area contributed by atoms with Crippen molar-refractivity contribution in [1.82, 2.24) is 4.98 Å². The van der Waals surface area contributed by atoms with Gasteiger partial charge in [0.2, 0.25) is 10.0 Å². The van der Waals surface area contributed by atoms with E-state index in [0.717, 1.165) is 30.0 Å². The van der Waals surface area contributed by atoms with Gasteiger partial charge in [0, 0.05) is 33.9 Å². The van der Waals surface area contributed by atoms with Crippen LogP contribution >= 0.6 is 0 Å². The van der Waals surface area contributed by atoms with Crippen LogP contribution in [0, 0.1) is 0 Å². The van der Waals surface area contributed by atoms with Gasteiger partial charge in [0.15, 0.2) is 0 Å². The molecule has 0 aliphatic heterocycles. The van der Waals surface area contributed by atoms with E-state index < -0.39 is 10.0 Å². The largest absolute Gasteiger partial charge is 0.494 e. The third-order valence-electron chi connectivity index (χ3n) is 5.12. The van der Waals surface area contributed by atoms with Gasteiger partial charge in [-0.05, 0) is 61.6 Å². The number of hydrogen-bond acceptors (Lipinski definition) is 4. The second-order valence-electron chi connectivity index (χ2n) is 7.29. The molecule has 152 valence electrons. The third-order valence-corrected chi connectivity index (χ3v) is 5.71. The van der Waals surface area contributed by atoms with Crippen LogP contribution in [0.15, 0.2) is 36.4 Å². The number of amides is 1. The average Bonchev–Trinajstić information content (AvgIpc) is 3.06. The molecule has 1 heterocycles. The number of aromatic amines is 1. The van der Waals surface area contributed by atoms with Crippen molar-refractivity contribution in [2.75, 3.05) is 23.4 Å². The number of ether oxygens (including phenoxy) is 1. The summed E-state index contributed by atoms with van der Waals surface area (Å²) < 4.78 is 30.6. The topological polar surface area (TPSA) is 100 Å². The van der Waals surface area contributed by atoms with Crippen LogP contribution < -0.4 is 14.8 Å². The fourth-order valence-corrected chi connectivity index (χ4v) is 4.37. The minimum Gasteiger partial charge on any atom is -0.494 e. The summed E-state index contributed by atoms with van der Waals surface area (Å²) in [6.07, 6.45) is 5.52. The lowest BCUT2D eigenvalue weighted by molar-refractivity contribution is 0.102. The van der Waals surface area contributed by atoms with Crippen molar-refractivity contribution in [2.45, 2.75) is 25.7 Å². The maximum absolute atomic E-state index is 12.8. The van der Waals surface area contributed by atoms with Crippen LogP contribution in [0.1, 0.15) is 34.5 Å². The van der Waals surface area contributed by atoms with Gasteiger partial charge in [-0.2, -0.15) is 0 Å². The number of methoxy groups -OCH3 is 1. The van der Waals surface area contributed by atoms with E-state index in [0.29, 0.717) is 22.7 Å². The number of aromatic nitrogens is 1. The van der Waals surface area contributed by atoms with Crippen LogP contribution in [-0.4, -0.2) is 32.7 Å². The Morgan fingerprint density at radius 3 is 2.66 bits per heavy atom. The summed E-state index contributed by atoms with van der Waals surface area (Å²) in [5.41, 5.74) is 5.06. The van der Waals surface area contributed by atoms with Gasteiger partial charge < -0.3 is 15.0 Å². The van der Waals surface area contributed by atoms with Crippen molar-refractivity contribution in [3.8, 4) is 5.75 Å². The molecule has 1 amide bonds. The molecule has 0 fully saturated rings. The fourth-order valence-electron chi connectivity index (χ4n) is 3.80. The number of benzene rings is 2. The Morgan fingerprint density at radius 1 is 1.10 bits per heavy atom. The van der Waals surface area contributed by atoms with E-state index in [-0.39, 0.29) is 5.91 Å². The maximum atomic E-state index is 12.8. The maximum Gasteiger partial charge on any atom is 0.255 e. The van der Waals surface area contributed by atoms with Gasteiger partial charge in [-0.1, -0.05) is 0 Å². The molecule has 29 heavy (non-hydrogen) atoms. The standard InChI is InChI=1S/C21H23N3O4S/c1-28-20-12-14(8-10-19(20)24-29(2,26)27)22-21(25)13-7-9-18-16(11-13)15-5-3-4-6-17(15)23-18/h7-12,23-24H,3-6H2,1-2H3,(H,22,25). The smallest absolute Gasteiger partial charge is 0.255 e. The minimum atomic E-state index is -3.43. The molecule has 0 saturated heterocycles. The Kier molecular flexibility index (Phi) is 4.96. The molecule has 0 atom stereocenters. The lowest BCUT2D eigenvalue weighted by Crippen LogP contribution is -2.13. The number of carbonyl (C=O) groups excluding carboxylic acids is 1. The number of sulfonamides is 1. The third kappa shape index (κ3) is 4.07. The Bertz CT molecular complexity index is 1200. The summed E-state index contributed by atoms with van der Waals surface area (Å²) in [5, 5.41) is 3.96. The predicted molar refractivity (Wildman–Crippen MR) is 114 cm³/mol. The van der Waals surface area contributed by atoms with E-state index in [1.165, 1.54) is 31.2 Å². The van der Waals surface area contributed by atoms with Crippen LogP contribution in [0.2, 0.25) is 0 Å². The first-order valence-electron chi connectivity index (χ1n) is 9.45. The number of anilines is 2. The number of H-pyrrole nitrogens is 1. The first kappa shape index (κ1) is 19.3. The summed E-state index contributed by atoms with van der Waals surface area (Å²) in [6, 6.07) is 10.5. The van der Waals surface area contributed by atoms with E-state index in [9.17, 15) is 13.2 Å². The van der Waals surface area contributed by atoms with Gasteiger partial charge in [-0.3, -0.25) is 9.52 Å². The van der Waals surface area contributed by atoms with Gasteiger partial charge in [-0.25, -0.2) is 8.42 Å². The van der Waals surface area contributed by atoms with Crippen LogP contribution in [0.4, 0.5) is 11.4 Å². The van der Waals surface area contributed by atoms with Crippen molar-refractivity contribution in [1.29, 1.82) is 0 Å². The van der Waals surface area contributed by atoms with Crippen molar-refractivity contribution in [2.24, 2.45) is 0 Å². The van der Waals surface area contributed by atoms with Crippen LogP contribution in [0.5, 0.6) is 5.75 Å². The lowest BCUT2D eigenvalue weighted by atomic mass is 9.95. The molecule has 1 aliphatic carbocycles. The van der Waals surface area contributed by atoms with Gasteiger partial charge in [0.1, 0.15) is 5.75 Å². The quantitative estimate of drug-likeness (QED) is 0.594. The first-order chi connectivity index (χ1) is 13.8. The Morgan fingerprint density at radius 2 is 1.90 bits per heavy atom. The van der Waals surface area contributed by atoms with E-state index in [1.54, 1.807) is 24.3 Å². The van der Waals surface area contributed by atoms with Gasteiger partial charge in [0.25, 0.3) is 5.91 Å².